The van der Waals surface area contributed by atoms with Gasteiger partial charge < -0.3 is 20.5 Å². The largest absolute Gasteiger partial charge is 0.481 e. The minimum atomic E-state index is -0.470. The molecule has 0 bridgehead atoms. The summed E-state index contributed by atoms with van der Waals surface area (Å²) in [7, 11) is 1.61. The molecule has 1 aromatic rings. The van der Waals surface area contributed by atoms with Crippen molar-refractivity contribution < 1.29 is 9.84 Å². The van der Waals surface area contributed by atoms with Crippen molar-refractivity contribution in [3.63, 3.8) is 0 Å². The van der Waals surface area contributed by atoms with Gasteiger partial charge in [-0.3, -0.25) is 0 Å². The zero-order chi connectivity index (χ0) is 14.2. The second-order valence-electron chi connectivity index (χ2n) is 6.01. The number of aliphatic hydroxyl groups is 1. The Kier molecular flexibility index (Phi) is 3.46. The Morgan fingerprint density at radius 3 is 3.05 bits per heavy atom. The highest BCUT2D eigenvalue weighted by molar-refractivity contribution is 5.64. The van der Waals surface area contributed by atoms with Crippen molar-refractivity contribution in [1.82, 2.24) is 4.98 Å². The van der Waals surface area contributed by atoms with Crippen molar-refractivity contribution >= 4 is 11.5 Å². The highest BCUT2D eigenvalue weighted by atomic mass is 16.5. The molecule has 3 rings (SSSR count). The maximum Gasteiger partial charge on any atom is 0.215 e. The molecule has 1 saturated heterocycles. The average Bonchev–Trinajstić information content (AvgIpc) is 2.47. The highest BCUT2D eigenvalue weighted by Crippen LogP contribution is 2.41. The molecule has 1 aliphatic heterocycles. The van der Waals surface area contributed by atoms with E-state index in [2.05, 4.69) is 9.88 Å². The van der Waals surface area contributed by atoms with Crippen LogP contribution < -0.4 is 15.4 Å². The number of pyridine rings is 1. The standard InChI is InChI=1S/C15H23N3O2/c1-20-13-6-5-12(16)14(17-13)18-9-8-15(19)7-3-2-4-11(15)10-18/h5-6,11,19H,2-4,7-10,16H2,1H3. The third kappa shape index (κ3) is 2.30. The number of aromatic nitrogens is 1. The molecular formula is C15H23N3O2. The number of hydrogen-bond donors (Lipinski definition) is 2. The molecule has 3 N–H and O–H groups in total. The lowest BCUT2D eigenvalue weighted by Crippen LogP contribution is -2.53. The zero-order valence-corrected chi connectivity index (χ0v) is 12.0. The van der Waals surface area contributed by atoms with Gasteiger partial charge in [-0.05, 0) is 25.3 Å². The van der Waals surface area contributed by atoms with Crippen LogP contribution in [-0.4, -0.2) is 35.9 Å². The number of hydrogen-bond acceptors (Lipinski definition) is 5. The van der Waals surface area contributed by atoms with Crippen LogP contribution in [0.2, 0.25) is 0 Å². The van der Waals surface area contributed by atoms with Crippen LogP contribution >= 0.6 is 0 Å². The zero-order valence-electron chi connectivity index (χ0n) is 12.0. The number of nitrogens with two attached hydrogens (primary N) is 1. The lowest BCUT2D eigenvalue weighted by molar-refractivity contribution is -0.0613. The predicted octanol–water partition coefficient (Wildman–Crippen LogP) is 1.80. The van der Waals surface area contributed by atoms with Crippen LogP contribution in [0.15, 0.2) is 12.1 Å². The van der Waals surface area contributed by atoms with Gasteiger partial charge in [-0.15, -0.1) is 0 Å². The molecule has 20 heavy (non-hydrogen) atoms. The van der Waals surface area contributed by atoms with Crippen molar-refractivity contribution in [2.75, 3.05) is 30.8 Å². The molecule has 0 aromatic carbocycles. The van der Waals surface area contributed by atoms with E-state index in [1.165, 1.54) is 6.42 Å². The number of methoxy groups -OCH3 is 1. The average molecular weight is 277 g/mol. The van der Waals surface area contributed by atoms with Crippen LogP contribution in [-0.2, 0) is 0 Å². The molecular weight excluding hydrogens is 254 g/mol. The first kappa shape index (κ1) is 13.5. The quantitative estimate of drug-likeness (QED) is 0.862. The van der Waals surface area contributed by atoms with Gasteiger partial charge in [0, 0.05) is 25.1 Å². The van der Waals surface area contributed by atoms with E-state index in [0.29, 0.717) is 17.5 Å². The lowest BCUT2D eigenvalue weighted by atomic mass is 9.71. The second kappa shape index (κ2) is 5.13. The summed E-state index contributed by atoms with van der Waals surface area (Å²) in [6.45, 7) is 1.64. The lowest BCUT2D eigenvalue weighted by Gasteiger charge is -2.47. The summed E-state index contributed by atoms with van der Waals surface area (Å²) in [5.41, 5.74) is 6.26. The van der Waals surface area contributed by atoms with Gasteiger partial charge in [0.2, 0.25) is 5.88 Å². The molecule has 1 saturated carbocycles. The summed E-state index contributed by atoms with van der Waals surface area (Å²) in [5, 5.41) is 10.7. The van der Waals surface area contributed by atoms with E-state index in [9.17, 15) is 5.11 Å². The van der Waals surface area contributed by atoms with Gasteiger partial charge in [-0.1, -0.05) is 12.8 Å². The highest BCUT2D eigenvalue weighted by Gasteiger charge is 2.43. The second-order valence-corrected chi connectivity index (χ2v) is 6.01. The van der Waals surface area contributed by atoms with Crippen molar-refractivity contribution in [2.24, 2.45) is 5.92 Å². The molecule has 5 heteroatoms. The van der Waals surface area contributed by atoms with Gasteiger partial charge in [0.25, 0.3) is 0 Å². The maximum atomic E-state index is 10.7. The van der Waals surface area contributed by atoms with Gasteiger partial charge in [0.15, 0.2) is 5.82 Å². The molecule has 5 nitrogen and oxygen atoms in total. The van der Waals surface area contributed by atoms with E-state index in [1.54, 1.807) is 13.2 Å². The number of nitrogen functional groups attached to an aromatic ring is 1. The summed E-state index contributed by atoms with van der Waals surface area (Å²) in [5.74, 6) is 1.70. The van der Waals surface area contributed by atoms with Crippen LogP contribution in [0.3, 0.4) is 0 Å². The van der Waals surface area contributed by atoms with E-state index in [4.69, 9.17) is 10.5 Å². The minimum absolute atomic E-state index is 0.331. The summed E-state index contributed by atoms with van der Waals surface area (Å²) < 4.78 is 5.18. The van der Waals surface area contributed by atoms with Crippen molar-refractivity contribution in [3.8, 4) is 5.88 Å². The fourth-order valence-corrected chi connectivity index (χ4v) is 3.57. The number of anilines is 2. The van der Waals surface area contributed by atoms with Crippen LogP contribution in [0.5, 0.6) is 5.88 Å². The van der Waals surface area contributed by atoms with Crippen LogP contribution in [0.4, 0.5) is 11.5 Å². The fraction of sp³-hybridized carbons (Fsp3) is 0.667. The molecule has 1 aromatic heterocycles. The Labute approximate surface area is 119 Å². The number of nitrogens with zero attached hydrogens (tertiary/aromatic N) is 2. The summed E-state index contributed by atoms with van der Waals surface area (Å²) in [4.78, 5) is 6.67. The third-order valence-electron chi connectivity index (χ3n) is 4.82. The molecule has 0 amide bonds. The monoisotopic (exact) mass is 277 g/mol. The van der Waals surface area contributed by atoms with Crippen molar-refractivity contribution in [2.45, 2.75) is 37.7 Å². The van der Waals surface area contributed by atoms with Crippen LogP contribution in [0.25, 0.3) is 0 Å². The van der Waals surface area contributed by atoms with Gasteiger partial charge in [0.1, 0.15) is 0 Å². The maximum absolute atomic E-state index is 10.7. The van der Waals surface area contributed by atoms with E-state index in [-0.39, 0.29) is 0 Å². The van der Waals surface area contributed by atoms with Crippen molar-refractivity contribution in [1.29, 1.82) is 0 Å². The van der Waals surface area contributed by atoms with Gasteiger partial charge in [0.05, 0.1) is 18.4 Å². The normalized spacial score (nSPS) is 29.9. The molecule has 0 radical (unpaired) electrons. The smallest absolute Gasteiger partial charge is 0.215 e. The molecule has 2 unspecified atom stereocenters. The van der Waals surface area contributed by atoms with Gasteiger partial charge in [-0.25, -0.2) is 0 Å². The molecule has 2 atom stereocenters. The number of piperidine rings is 1. The first-order valence-electron chi connectivity index (χ1n) is 7.40. The molecule has 2 aliphatic rings. The molecule has 1 aliphatic carbocycles. The van der Waals surface area contributed by atoms with E-state index in [1.807, 2.05) is 6.07 Å². The third-order valence-corrected chi connectivity index (χ3v) is 4.82. The van der Waals surface area contributed by atoms with E-state index < -0.39 is 5.60 Å². The first-order valence-corrected chi connectivity index (χ1v) is 7.40. The van der Waals surface area contributed by atoms with E-state index >= 15 is 0 Å². The van der Waals surface area contributed by atoms with Crippen LogP contribution in [0.1, 0.15) is 32.1 Å². The summed E-state index contributed by atoms with van der Waals surface area (Å²) >= 11 is 0. The van der Waals surface area contributed by atoms with E-state index in [0.717, 1.165) is 44.6 Å². The molecule has 110 valence electrons. The van der Waals surface area contributed by atoms with Gasteiger partial charge >= 0.3 is 0 Å². The minimum Gasteiger partial charge on any atom is -0.481 e. The Morgan fingerprint density at radius 1 is 1.40 bits per heavy atom. The van der Waals surface area contributed by atoms with Crippen molar-refractivity contribution in [3.05, 3.63) is 12.1 Å². The number of ether oxygens (including phenoxy) is 1. The summed E-state index contributed by atoms with van der Waals surface area (Å²) in [6, 6.07) is 3.61. The summed E-state index contributed by atoms with van der Waals surface area (Å²) in [6.07, 6.45) is 5.19. The Morgan fingerprint density at radius 2 is 2.25 bits per heavy atom. The first-order chi connectivity index (χ1) is 9.62. The topological polar surface area (TPSA) is 71.6 Å². The number of fused-ring (bicyclic) bond motifs is 1. The van der Waals surface area contributed by atoms with Gasteiger partial charge in [-0.2, -0.15) is 4.98 Å². The Hall–Kier alpha value is -1.49. The SMILES string of the molecule is COc1ccc(N)c(N2CCC3(O)CCCCC3C2)n1. The Balaban J connectivity index is 1.82. The molecule has 2 fully saturated rings. The molecule has 0 spiro atoms. The number of rotatable bonds is 2. The fourth-order valence-electron chi connectivity index (χ4n) is 3.57. The van der Waals surface area contributed by atoms with Crippen LogP contribution in [0, 0.1) is 5.92 Å². The Bertz CT molecular complexity index is 494. The predicted molar refractivity (Wildman–Crippen MR) is 78.9 cm³/mol. The molecule has 2 heterocycles.